The maximum absolute atomic E-state index is 2.44. The van der Waals surface area contributed by atoms with Crippen molar-refractivity contribution in [1.82, 2.24) is 0 Å². The fourth-order valence-electron chi connectivity index (χ4n) is 2.52. The molecule has 0 amide bonds. The lowest BCUT2D eigenvalue weighted by atomic mass is 9.96. The first-order valence-electron chi connectivity index (χ1n) is 8.42. The Balaban J connectivity index is 3.12. The van der Waals surface area contributed by atoms with Crippen LogP contribution in [0.15, 0.2) is 12.2 Å². The molecule has 0 aromatic heterocycles. The van der Waals surface area contributed by atoms with Crippen molar-refractivity contribution in [2.75, 3.05) is 0 Å². The topological polar surface area (TPSA) is 0 Å². The summed E-state index contributed by atoms with van der Waals surface area (Å²) in [5.41, 5.74) is 0. The van der Waals surface area contributed by atoms with Gasteiger partial charge in [0.15, 0.2) is 0 Å². The summed E-state index contributed by atoms with van der Waals surface area (Å²) >= 11 is 0. The zero-order valence-electron chi connectivity index (χ0n) is 13.2. The minimum absolute atomic E-state index is 0.963. The van der Waals surface area contributed by atoms with Crippen LogP contribution in [0.5, 0.6) is 0 Å². The van der Waals surface area contributed by atoms with Crippen molar-refractivity contribution < 1.29 is 0 Å². The highest BCUT2D eigenvalue weighted by molar-refractivity contribution is 4.76. The number of rotatable bonds is 13. The van der Waals surface area contributed by atoms with E-state index in [-0.39, 0.29) is 0 Å². The van der Waals surface area contributed by atoms with Gasteiger partial charge < -0.3 is 0 Å². The van der Waals surface area contributed by atoms with E-state index in [0.717, 1.165) is 5.92 Å². The van der Waals surface area contributed by atoms with Crippen molar-refractivity contribution in [2.24, 2.45) is 5.92 Å². The summed E-state index contributed by atoms with van der Waals surface area (Å²) in [5, 5.41) is 0. The maximum Gasteiger partial charge on any atom is -0.0351 e. The minimum Gasteiger partial charge on any atom is -0.0917 e. The number of unbranched alkanes of at least 4 members (excludes halogenated alkanes) is 8. The van der Waals surface area contributed by atoms with Crippen LogP contribution in [0, 0.1) is 5.92 Å². The molecule has 0 aromatic carbocycles. The van der Waals surface area contributed by atoms with Crippen LogP contribution in [0.25, 0.3) is 0 Å². The monoisotopic (exact) mass is 252 g/mol. The van der Waals surface area contributed by atoms with Crippen molar-refractivity contribution in [3.8, 4) is 0 Å². The third kappa shape index (κ3) is 13.8. The quantitative estimate of drug-likeness (QED) is 0.247. The van der Waals surface area contributed by atoms with E-state index < -0.39 is 0 Å². The van der Waals surface area contributed by atoms with Gasteiger partial charge in [0.25, 0.3) is 0 Å². The van der Waals surface area contributed by atoms with E-state index in [1.165, 1.54) is 77.0 Å². The standard InChI is InChI=1S/C18H36/c1-4-6-8-10-11-12-13-15-17-18(3)16-14-9-7-5-2/h4,6,18H,5,7-17H2,1-3H3/b6-4+. The Bertz CT molecular complexity index is 169. The highest BCUT2D eigenvalue weighted by Crippen LogP contribution is 2.17. The second-order valence-corrected chi connectivity index (χ2v) is 5.87. The average Bonchev–Trinajstić information content (AvgIpc) is 2.38. The SMILES string of the molecule is C/C=C/CCCCCCCC(C)CCCCCC. The van der Waals surface area contributed by atoms with E-state index in [1.807, 2.05) is 0 Å². The Morgan fingerprint density at radius 2 is 1.33 bits per heavy atom. The summed E-state index contributed by atoms with van der Waals surface area (Å²) in [6.07, 6.45) is 21.5. The molecule has 0 spiro atoms. The largest absolute Gasteiger partial charge is 0.0917 e. The van der Waals surface area contributed by atoms with E-state index in [0.29, 0.717) is 0 Å². The molecule has 0 aliphatic rings. The van der Waals surface area contributed by atoms with E-state index in [1.54, 1.807) is 0 Å². The summed E-state index contributed by atoms with van der Waals surface area (Å²) in [6.45, 7) is 6.85. The molecule has 108 valence electrons. The Morgan fingerprint density at radius 1 is 0.778 bits per heavy atom. The fourth-order valence-corrected chi connectivity index (χ4v) is 2.52. The van der Waals surface area contributed by atoms with Crippen LogP contribution in [0.3, 0.4) is 0 Å². The van der Waals surface area contributed by atoms with E-state index in [9.17, 15) is 0 Å². The maximum atomic E-state index is 2.44. The molecule has 18 heavy (non-hydrogen) atoms. The molecule has 1 atom stereocenters. The lowest BCUT2D eigenvalue weighted by molar-refractivity contribution is 0.434. The number of hydrogen-bond donors (Lipinski definition) is 0. The second kappa shape index (κ2) is 14.8. The van der Waals surface area contributed by atoms with Gasteiger partial charge in [0.1, 0.15) is 0 Å². The van der Waals surface area contributed by atoms with Gasteiger partial charge in [0.2, 0.25) is 0 Å². The number of allylic oxidation sites excluding steroid dienone is 2. The molecule has 0 saturated carbocycles. The summed E-state index contributed by atoms with van der Waals surface area (Å²) < 4.78 is 0. The Hall–Kier alpha value is -0.260. The predicted octanol–water partition coefficient (Wildman–Crippen LogP) is 6.90. The molecule has 0 bridgehead atoms. The molecule has 0 saturated heterocycles. The van der Waals surface area contributed by atoms with E-state index >= 15 is 0 Å². The molecule has 0 radical (unpaired) electrons. The average molecular weight is 252 g/mol. The highest BCUT2D eigenvalue weighted by Gasteiger charge is 2.01. The summed E-state index contributed by atoms with van der Waals surface area (Å²) in [4.78, 5) is 0. The van der Waals surface area contributed by atoms with Crippen molar-refractivity contribution >= 4 is 0 Å². The fraction of sp³-hybridized carbons (Fsp3) is 0.889. The van der Waals surface area contributed by atoms with Gasteiger partial charge in [0, 0.05) is 0 Å². The van der Waals surface area contributed by atoms with Crippen molar-refractivity contribution in [2.45, 2.75) is 97.8 Å². The van der Waals surface area contributed by atoms with Gasteiger partial charge >= 0.3 is 0 Å². The molecule has 0 aromatic rings. The van der Waals surface area contributed by atoms with Gasteiger partial charge in [-0.15, -0.1) is 0 Å². The van der Waals surface area contributed by atoms with Crippen LogP contribution in [-0.4, -0.2) is 0 Å². The third-order valence-electron chi connectivity index (χ3n) is 3.85. The van der Waals surface area contributed by atoms with Crippen LogP contribution in [0.2, 0.25) is 0 Å². The van der Waals surface area contributed by atoms with Gasteiger partial charge in [-0.1, -0.05) is 90.2 Å². The van der Waals surface area contributed by atoms with Gasteiger partial charge in [-0.3, -0.25) is 0 Å². The molecule has 0 nitrogen and oxygen atoms in total. The van der Waals surface area contributed by atoms with E-state index in [4.69, 9.17) is 0 Å². The molecule has 1 unspecified atom stereocenters. The Morgan fingerprint density at radius 3 is 1.94 bits per heavy atom. The first-order valence-corrected chi connectivity index (χ1v) is 8.42. The first-order chi connectivity index (χ1) is 8.81. The first kappa shape index (κ1) is 17.7. The second-order valence-electron chi connectivity index (χ2n) is 5.87. The molecular formula is C18H36. The summed E-state index contributed by atoms with van der Waals surface area (Å²) in [5.74, 6) is 0.963. The zero-order valence-corrected chi connectivity index (χ0v) is 13.2. The normalized spacial score (nSPS) is 13.3. The van der Waals surface area contributed by atoms with Gasteiger partial charge in [0.05, 0.1) is 0 Å². The van der Waals surface area contributed by atoms with Crippen LogP contribution in [0.4, 0.5) is 0 Å². The predicted molar refractivity (Wildman–Crippen MR) is 85.1 cm³/mol. The van der Waals surface area contributed by atoms with Crippen LogP contribution in [0.1, 0.15) is 97.8 Å². The third-order valence-corrected chi connectivity index (χ3v) is 3.85. The van der Waals surface area contributed by atoms with Crippen LogP contribution in [-0.2, 0) is 0 Å². The van der Waals surface area contributed by atoms with Crippen molar-refractivity contribution in [1.29, 1.82) is 0 Å². The van der Waals surface area contributed by atoms with Crippen molar-refractivity contribution in [3.05, 3.63) is 12.2 Å². The number of hydrogen-bond acceptors (Lipinski definition) is 0. The van der Waals surface area contributed by atoms with Gasteiger partial charge in [-0.05, 0) is 25.7 Å². The molecule has 0 fully saturated rings. The summed E-state index contributed by atoms with van der Waals surface area (Å²) in [6, 6.07) is 0. The molecular weight excluding hydrogens is 216 g/mol. The summed E-state index contributed by atoms with van der Waals surface area (Å²) in [7, 11) is 0. The molecule has 0 N–H and O–H groups in total. The Kier molecular flexibility index (Phi) is 14.6. The molecule has 0 aliphatic heterocycles. The zero-order chi connectivity index (χ0) is 13.5. The smallest absolute Gasteiger partial charge is 0.0351 e. The molecule has 0 rings (SSSR count). The lowest BCUT2D eigenvalue weighted by Crippen LogP contribution is -1.95. The molecule has 0 aliphatic carbocycles. The van der Waals surface area contributed by atoms with Crippen molar-refractivity contribution in [3.63, 3.8) is 0 Å². The molecule has 0 heterocycles. The van der Waals surface area contributed by atoms with E-state index in [2.05, 4.69) is 32.9 Å². The molecule has 0 heteroatoms. The Labute approximate surface area is 116 Å². The van der Waals surface area contributed by atoms with Crippen LogP contribution < -0.4 is 0 Å². The van der Waals surface area contributed by atoms with Gasteiger partial charge in [-0.2, -0.15) is 0 Å². The lowest BCUT2D eigenvalue weighted by Gasteiger charge is -2.10. The van der Waals surface area contributed by atoms with Crippen LogP contribution >= 0.6 is 0 Å². The highest BCUT2D eigenvalue weighted by atomic mass is 14.1. The van der Waals surface area contributed by atoms with Gasteiger partial charge in [-0.25, -0.2) is 0 Å². The minimum atomic E-state index is 0.963.